The largest absolute Gasteiger partial charge is 0.388 e. The fourth-order valence-corrected chi connectivity index (χ4v) is 0.297. The van der Waals surface area contributed by atoms with Crippen LogP contribution in [0, 0.1) is 0 Å². The van der Waals surface area contributed by atoms with E-state index in [1.807, 2.05) is 13.8 Å². The molecule has 1 atom stereocenters. The van der Waals surface area contributed by atoms with Crippen molar-refractivity contribution in [3.8, 4) is 0 Å². The molecule has 0 rings (SSSR count). The summed E-state index contributed by atoms with van der Waals surface area (Å²) in [6, 6.07) is 0.296. The highest BCUT2D eigenvalue weighted by atomic mass is 16.3. The van der Waals surface area contributed by atoms with Crippen molar-refractivity contribution in [3.63, 3.8) is 0 Å². The maximum absolute atomic E-state index is 8.65. The molecule has 0 aromatic carbocycles. The van der Waals surface area contributed by atoms with Crippen LogP contribution >= 0.6 is 0 Å². The van der Waals surface area contributed by atoms with Gasteiger partial charge in [-0.2, -0.15) is 0 Å². The Kier molecular flexibility index (Phi) is 3.44. The first kappa shape index (κ1) is 7.63. The van der Waals surface area contributed by atoms with Crippen LogP contribution in [0.1, 0.15) is 20.8 Å². The highest BCUT2D eigenvalue weighted by molar-refractivity contribution is 5.62. The van der Waals surface area contributed by atoms with Crippen molar-refractivity contribution in [2.45, 2.75) is 32.9 Å². The van der Waals surface area contributed by atoms with E-state index in [0.717, 1.165) is 0 Å². The minimum absolute atomic E-state index is 0.296. The van der Waals surface area contributed by atoms with Crippen molar-refractivity contribution in [3.05, 3.63) is 0 Å². The van der Waals surface area contributed by atoms with Gasteiger partial charge in [0, 0.05) is 12.3 Å². The first-order valence-corrected chi connectivity index (χ1v) is 2.84. The Bertz CT molecular complexity index is 66.6. The first-order valence-electron chi connectivity index (χ1n) is 2.84. The number of aliphatic hydroxyl groups excluding tert-OH is 1. The van der Waals surface area contributed by atoms with E-state index in [1.165, 1.54) is 0 Å². The Morgan fingerprint density at radius 3 is 2.00 bits per heavy atom. The number of nitrogens with zero attached hydrogens (tertiary/aromatic N) is 1. The maximum atomic E-state index is 8.65. The second-order valence-corrected chi connectivity index (χ2v) is 2.13. The van der Waals surface area contributed by atoms with Gasteiger partial charge in [0.15, 0.2) is 0 Å². The zero-order valence-corrected chi connectivity index (χ0v) is 5.63. The summed E-state index contributed by atoms with van der Waals surface area (Å²) in [7, 11) is 0. The van der Waals surface area contributed by atoms with Crippen molar-refractivity contribution < 1.29 is 5.11 Å². The molecule has 0 heterocycles. The van der Waals surface area contributed by atoms with Crippen molar-refractivity contribution in [1.82, 2.24) is 0 Å². The summed E-state index contributed by atoms with van der Waals surface area (Å²) in [5.74, 6) is 0. The van der Waals surface area contributed by atoms with Crippen LogP contribution in [-0.4, -0.2) is 23.5 Å². The van der Waals surface area contributed by atoms with E-state index in [1.54, 1.807) is 13.1 Å². The van der Waals surface area contributed by atoms with Gasteiger partial charge in [0.05, 0.1) is 6.10 Å². The molecule has 2 nitrogen and oxygen atoms in total. The van der Waals surface area contributed by atoms with Crippen molar-refractivity contribution in [2.24, 2.45) is 4.99 Å². The summed E-state index contributed by atoms with van der Waals surface area (Å²) >= 11 is 0. The minimum atomic E-state index is -0.405. The van der Waals surface area contributed by atoms with E-state index >= 15 is 0 Å². The van der Waals surface area contributed by atoms with Crippen molar-refractivity contribution in [2.75, 3.05) is 0 Å². The number of rotatable bonds is 2. The quantitative estimate of drug-likeness (QED) is 0.531. The van der Waals surface area contributed by atoms with Gasteiger partial charge in [0.2, 0.25) is 0 Å². The summed E-state index contributed by atoms with van der Waals surface area (Å²) in [6.07, 6.45) is 1.14. The fourth-order valence-electron chi connectivity index (χ4n) is 0.297. The molecule has 0 bridgehead atoms. The molecular weight excluding hydrogens is 102 g/mol. The number of aliphatic hydroxyl groups is 1. The summed E-state index contributed by atoms with van der Waals surface area (Å²) in [5.41, 5.74) is 0. The lowest BCUT2D eigenvalue weighted by Gasteiger charge is -1.95. The van der Waals surface area contributed by atoms with Crippen LogP contribution in [0.15, 0.2) is 4.99 Å². The van der Waals surface area contributed by atoms with E-state index in [-0.39, 0.29) is 0 Å². The molecule has 0 amide bonds. The molecule has 1 N–H and O–H groups in total. The molecule has 48 valence electrons. The number of hydrogen-bond donors (Lipinski definition) is 1. The van der Waals surface area contributed by atoms with Crippen molar-refractivity contribution >= 4 is 6.21 Å². The minimum Gasteiger partial charge on any atom is -0.388 e. The SMILES string of the molecule is CC(O)C=NC(C)C. The van der Waals surface area contributed by atoms with Gasteiger partial charge in [-0.1, -0.05) is 0 Å². The standard InChI is InChI=1S/C6H13NO/c1-5(2)7-4-6(3)8/h4-6,8H,1-3H3. The van der Waals surface area contributed by atoms with Gasteiger partial charge < -0.3 is 5.11 Å². The van der Waals surface area contributed by atoms with Gasteiger partial charge in [-0.25, -0.2) is 0 Å². The third kappa shape index (κ3) is 5.63. The Hall–Kier alpha value is -0.370. The average Bonchev–Trinajstić information content (AvgIpc) is 1.61. The van der Waals surface area contributed by atoms with Gasteiger partial charge in [0.25, 0.3) is 0 Å². The molecule has 0 aromatic rings. The van der Waals surface area contributed by atoms with Gasteiger partial charge in [-0.3, -0.25) is 4.99 Å². The van der Waals surface area contributed by atoms with E-state index in [9.17, 15) is 0 Å². The van der Waals surface area contributed by atoms with E-state index in [0.29, 0.717) is 6.04 Å². The van der Waals surface area contributed by atoms with E-state index in [4.69, 9.17) is 5.11 Å². The molecular formula is C6H13NO. The Morgan fingerprint density at radius 2 is 1.88 bits per heavy atom. The third-order valence-electron chi connectivity index (χ3n) is 0.600. The zero-order valence-electron chi connectivity index (χ0n) is 5.63. The highest BCUT2D eigenvalue weighted by Crippen LogP contribution is 1.83. The summed E-state index contributed by atoms with van der Waals surface area (Å²) < 4.78 is 0. The highest BCUT2D eigenvalue weighted by Gasteiger charge is 1.87. The topological polar surface area (TPSA) is 32.6 Å². The Labute approximate surface area is 50.3 Å². The molecule has 0 saturated carbocycles. The van der Waals surface area contributed by atoms with Crippen LogP contribution < -0.4 is 0 Å². The second kappa shape index (κ2) is 3.61. The first-order chi connectivity index (χ1) is 3.63. The average molecular weight is 115 g/mol. The van der Waals surface area contributed by atoms with Gasteiger partial charge in [0.1, 0.15) is 0 Å². The maximum Gasteiger partial charge on any atom is 0.0858 e. The second-order valence-electron chi connectivity index (χ2n) is 2.13. The normalized spacial score (nSPS) is 15.6. The van der Waals surface area contributed by atoms with Gasteiger partial charge in [-0.05, 0) is 20.8 Å². The Balaban J connectivity index is 3.34. The lowest BCUT2D eigenvalue weighted by atomic mass is 10.4. The van der Waals surface area contributed by atoms with Crippen LogP contribution in [0.5, 0.6) is 0 Å². The van der Waals surface area contributed by atoms with Crippen LogP contribution in [0.4, 0.5) is 0 Å². The van der Waals surface area contributed by atoms with Crippen LogP contribution in [0.2, 0.25) is 0 Å². The smallest absolute Gasteiger partial charge is 0.0858 e. The molecule has 0 aliphatic heterocycles. The lowest BCUT2D eigenvalue weighted by Crippen LogP contribution is -2.02. The lowest BCUT2D eigenvalue weighted by molar-refractivity contribution is 0.266. The van der Waals surface area contributed by atoms with Crippen LogP contribution in [0.25, 0.3) is 0 Å². The van der Waals surface area contributed by atoms with Crippen LogP contribution in [0.3, 0.4) is 0 Å². The third-order valence-corrected chi connectivity index (χ3v) is 0.600. The van der Waals surface area contributed by atoms with Crippen LogP contribution in [-0.2, 0) is 0 Å². The molecule has 0 radical (unpaired) electrons. The van der Waals surface area contributed by atoms with E-state index in [2.05, 4.69) is 4.99 Å². The monoisotopic (exact) mass is 115 g/mol. The van der Waals surface area contributed by atoms with Gasteiger partial charge >= 0.3 is 0 Å². The Morgan fingerprint density at radius 1 is 1.38 bits per heavy atom. The molecule has 1 unspecified atom stereocenters. The fraction of sp³-hybridized carbons (Fsp3) is 0.833. The molecule has 8 heavy (non-hydrogen) atoms. The predicted octanol–water partition coefficient (Wildman–Crippen LogP) is 0.846. The zero-order chi connectivity index (χ0) is 6.57. The molecule has 0 aliphatic carbocycles. The summed E-state index contributed by atoms with van der Waals surface area (Å²) in [5, 5.41) is 8.65. The van der Waals surface area contributed by atoms with E-state index < -0.39 is 6.10 Å². The molecule has 0 saturated heterocycles. The molecule has 2 heteroatoms. The van der Waals surface area contributed by atoms with Gasteiger partial charge in [-0.15, -0.1) is 0 Å². The molecule has 0 aliphatic rings. The van der Waals surface area contributed by atoms with Crippen molar-refractivity contribution in [1.29, 1.82) is 0 Å². The predicted molar refractivity (Wildman–Crippen MR) is 35.3 cm³/mol. The molecule has 0 fully saturated rings. The molecule has 0 aromatic heterocycles. The molecule has 0 spiro atoms. The number of aliphatic imine (C=N–C) groups is 1. The summed E-state index contributed by atoms with van der Waals surface area (Å²) in [4.78, 5) is 3.95. The summed E-state index contributed by atoms with van der Waals surface area (Å²) in [6.45, 7) is 5.63. The number of hydrogen-bond acceptors (Lipinski definition) is 2.